The minimum Gasteiger partial charge on any atom is -0.296 e. The van der Waals surface area contributed by atoms with Crippen LogP contribution >= 0.6 is 11.3 Å². The number of hydrogen-bond donors (Lipinski definition) is 1. The first-order valence-electron chi connectivity index (χ1n) is 10.8. The van der Waals surface area contributed by atoms with E-state index in [4.69, 9.17) is 4.98 Å². The molecule has 158 valence electrons. The van der Waals surface area contributed by atoms with Crippen LogP contribution in [0.4, 0.5) is 5.13 Å². The molecule has 0 atom stereocenters. The van der Waals surface area contributed by atoms with Gasteiger partial charge in [0.1, 0.15) is 10.8 Å². The number of aromatic nitrogens is 4. The number of aryl methyl sites for hydroxylation is 1. The molecule has 0 saturated heterocycles. The zero-order valence-electron chi connectivity index (χ0n) is 17.5. The normalized spacial score (nSPS) is 14.4. The van der Waals surface area contributed by atoms with E-state index < -0.39 is 0 Å². The van der Waals surface area contributed by atoms with Gasteiger partial charge in [0.25, 0.3) is 11.5 Å². The number of nitrogens with one attached hydrogen (secondary N) is 1. The lowest BCUT2D eigenvalue weighted by atomic mass is 10.1. The van der Waals surface area contributed by atoms with E-state index in [9.17, 15) is 9.59 Å². The Kier molecular flexibility index (Phi) is 6.22. The fraction of sp³-hybridized carbons (Fsp3) is 0.500. The second-order valence-electron chi connectivity index (χ2n) is 7.79. The highest BCUT2D eigenvalue weighted by molar-refractivity contribution is 7.15. The van der Waals surface area contributed by atoms with Crippen LogP contribution in [0.15, 0.2) is 23.0 Å². The van der Waals surface area contributed by atoms with E-state index in [1.54, 1.807) is 18.2 Å². The molecule has 0 spiro atoms. The van der Waals surface area contributed by atoms with Gasteiger partial charge in [-0.2, -0.15) is 0 Å². The lowest BCUT2D eigenvalue weighted by molar-refractivity contribution is 0.102. The molecule has 1 aromatic carbocycles. The molecular formula is C22H27N5O2S. The predicted molar refractivity (Wildman–Crippen MR) is 119 cm³/mol. The van der Waals surface area contributed by atoms with E-state index >= 15 is 0 Å². The maximum atomic E-state index is 12.9. The highest BCUT2D eigenvalue weighted by atomic mass is 32.1. The minimum absolute atomic E-state index is 0.0113. The van der Waals surface area contributed by atoms with Crippen LogP contribution in [0.5, 0.6) is 0 Å². The molecule has 30 heavy (non-hydrogen) atoms. The molecule has 0 aliphatic carbocycles. The third-order valence-electron chi connectivity index (χ3n) is 5.82. The van der Waals surface area contributed by atoms with Crippen molar-refractivity contribution in [3.05, 3.63) is 44.9 Å². The Balaban J connectivity index is 1.61. The topological polar surface area (TPSA) is 89.8 Å². The summed E-state index contributed by atoms with van der Waals surface area (Å²) in [5.74, 6) is 0.923. The Morgan fingerprint density at radius 3 is 2.77 bits per heavy atom. The molecule has 2 aromatic heterocycles. The van der Waals surface area contributed by atoms with Crippen molar-refractivity contribution in [1.29, 1.82) is 0 Å². The highest BCUT2D eigenvalue weighted by Gasteiger charge is 2.17. The van der Waals surface area contributed by atoms with Crippen molar-refractivity contribution < 1.29 is 4.79 Å². The highest BCUT2D eigenvalue weighted by Crippen LogP contribution is 2.28. The van der Waals surface area contributed by atoms with Gasteiger partial charge in [0.05, 0.1) is 10.9 Å². The van der Waals surface area contributed by atoms with Gasteiger partial charge in [-0.1, -0.05) is 38.0 Å². The molecule has 1 amide bonds. The molecule has 3 heterocycles. The zero-order chi connectivity index (χ0) is 21.1. The van der Waals surface area contributed by atoms with Gasteiger partial charge in [-0.3, -0.25) is 19.5 Å². The molecule has 0 fully saturated rings. The van der Waals surface area contributed by atoms with Crippen LogP contribution in [0.25, 0.3) is 10.9 Å². The molecule has 1 aliphatic heterocycles. The largest absolute Gasteiger partial charge is 0.296 e. The van der Waals surface area contributed by atoms with Gasteiger partial charge < -0.3 is 0 Å². The van der Waals surface area contributed by atoms with Crippen LogP contribution in [0.3, 0.4) is 0 Å². The third kappa shape index (κ3) is 4.14. The maximum absolute atomic E-state index is 12.9. The van der Waals surface area contributed by atoms with Crippen molar-refractivity contribution in [2.24, 2.45) is 0 Å². The molecule has 0 saturated carbocycles. The quantitative estimate of drug-likeness (QED) is 0.649. The summed E-state index contributed by atoms with van der Waals surface area (Å²) in [6, 6.07) is 5.09. The number of carbonyl (C=O) groups excluding carboxylic acids is 1. The monoisotopic (exact) mass is 425 g/mol. The number of hydrogen-bond acceptors (Lipinski definition) is 6. The molecule has 0 radical (unpaired) electrons. The minimum atomic E-state index is -0.266. The lowest BCUT2D eigenvalue weighted by Crippen LogP contribution is -2.26. The van der Waals surface area contributed by atoms with Gasteiger partial charge in [-0.15, -0.1) is 10.2 Å². The van der Waals surface area contributed by atoms with Crippen LogP contribution in [0.2, 0.25) is 0 Å². The number of anilines is 1. The Labute approximate surface area is 179 Å². The summed E-state index contributed by atoms with van der Waals surface area (Å²) in [6.45, 7) is 4.97. The van der Waals surface area contributed by atoms with Gasteiger partial charge >= 0.3 is 0 Å². The van der Waals surface area contributed by atoms with E-state index in [1.165, 1.54) is 11.3 Å². The standard InChI is InChI=1S/C22H27N5O2S/c1-3-14(4-2)20-25-26-22(30-20)24-19(28)15-10-11-16-17(13-15)23-18-9-7-5-6-8-12-27(18)21(16)29/h10-11,13-14H,3-9,12H2,1-2H3,(H,24,26,28). The predicted octanol–water partition coefficient (Wildman–Crippen LogP) is 4.52. The fourth-order valence-corrected chi connectivity index (χ4v) is 5.00. The van der Waals surface area contributed by atoms with Crippen molar-refractivity contribution in [2.75, 3.05) is 5.32 Å². The van der Waals surface area contributed by atoms with Crippen molar-refractivity contribution in [3.63, 3.8) is 0 Å². The van der Waals surface area contributed by atoms with Crippen molar-refractivity contribution in [1.82, 2.24) is 19.7 Å². The molecule has 4 rings (SSSR count). The van der Waals surface area contributed by atoms with E-state index in [0.717, 1.165) is 62.3 Å². The summed E-state index contributed by atoms with van der Waals surface area (Å²) in [5.41, 5.74) is 1.03. The van der Waals surface area contributed by atoms with Crippen molar-refractivity contribution in [2.45, 2.75) is 71.3 Å². The summed E-state index contributed by atoms with van der Waals surface area (Å²) in [4.78, 5) is 30.4. The third-order valence-corrected chi connectivity index (χ3v) is 6.83. The summed E-state index contributed by atoms with van der Waals surface area (Å²) >= 11 is 1.42. The first kappa shape index (κ1) is 20.7. The summed E-state index contributed by atoms with van der Waals surface area (Å²) in [5, 5.41) is 13.2. The van der Waals surface area contributed by atoms with Gasteiger partial charge in [-0.25, -0.2) is 4.98 Å². The number of benzene rings is 1. The van der Waals surface area contributed by atoms with Crippen molar-refractivity contribution in [3.8, 4) is 0 Å². The SMILES string of the molecule is CCC(CC)c1nnc(NC(=O)c2ccc3c(=O)n4c(nc3c2)CCCCCC4)s1. The number of carbonyl (C=O) groups is 1. The second-order valence-corrected chi connectivity index (χ2v) is 8.80. The van der Waals surface area contributed by atoms with Gasteiger partial charge in [0.2, 0.25) is 5.13 Å². The Morgan fingerprint density at radius 2 is 1.97 bits per heavy atom. The van der Waals surface area contributed by atoms with E-state index in [2.05, 4.69) is 29.4 Å². The summed E-state index contributed by atoms with van der Waals surface area (Å²) in [6.07, 6.45) is 7.13. The Morgan fingerprint density at radius 1 is 1.17 bits per heavy atom. The lowest BCUT2D eigenvalue weighted by Gasteiger charge is -2.16. The van der Waals surface area contributed by atoms with Gasteiger partial charge in [0.15, 0.2) is 0 Å². The zero-order valence-corrected chi connectivity index (χ0v) is 18.3. The van der Waals surface area contributed by atoms with Crippen LogP contribution < -0.4 is 10.9 Å². The molecule has 3 aromatic rings. The van der Waals surface area contributed by atoms with E-state index in [0.29, 0.717) is 27.5 Å². The fourth-order valence-electron chi connectivity index (χ4n) is 3.99. The summed E-state index contributed by atoms with van der Waals surface area (Å²) < 4.78 is 1.81. The Hall–Kier alpha value is -2.61. The van der Waals surface area contributed by atoms with Crippen LogP contribution in [-0.4, -0.2) is 25.7 Å². The average molecular weight is 426 g/mol. The molecular weight excluding hydrogens is 398 g/mol. The number of amides is 1. The molecule has 0 bridgehead atoms. The number of nitrogens with zero attached hydrogens (tertiary/aromatic N) is 4. The van der Waals surface area contributed by atoms with Gasteiger partial charge in [-0.05, 0) is 43.9 Å². The first-order chi connectivity index (χ1) is 14.6. The smallest absolute Gasteiger partial charge is 0.261 e. The second kappa shape index (κ2) is 9.04. The van der Waals surface area contributed by atoms with E-state index in [-0.39, 0.29) is 11.5 Å². The van der Waals surface area contributed by atoms with Crippen molar-refractivity contribution >= 4 is 33.3 Å². The Bertz CT molecular complexity index is 1120. The molecule has 0 unspecified atom stereocenters. The van der Waals surface area contributed by atoms with Crippen LogP contribution in [0, 0.1) is 0 Å². The van der Waals surface area contributed by atoms with Gasteiger partial charge in [0, 0.05) is 24.4 Å². The first-order valence-corrected chi connectivity index (χ1v) is 11.6. The van der Waals surface area contributed by atoms with Crippen LogP contribution in [-0.2, 0) is 13.0 Å². The summed E-state index contributed by atoms with van der Waals surface area (Å²) in [7, 11) is 0. The van der Waals surface area contributed by atoms with E-state index in [1.807, 2.05) is 4.57 Å². The molecule has 8 heteroatoms. The molecule has 7 nitrogen and oxygen atoms in total. The molecule has 1 N–H and O–H groups in total. The number of rotatable bonds is 5. The van der Waals surface area contributed by atoms with Crippen LogP contribution in [0.1, 0.15) is 79.5 Å². The average Bonchev–Trinajstić information content (AvgIpc) is 3.18. The number of fused-ring (bicyclic) bond motifs is 2. The maximum Gasteiger partial charge on any atom is 0.261 e. The molecule has 1 aliphatic rings.